The molecule has 0 bridgehead atoms. The highest BCUT2D eigenvalue weighted by molar-refractivity contribution is 7.15. The van der Waals surface area contributed by atoms with Crippen molar-refractivity contribution in [2.75, 3.05) is 106 Å². The summed E-state index contributed by atoms with van der Waals surface area (Å²) >= 11 is 7.64. The van der Waals surface area contributed by atoms with E-state index in [0.29, 0.717) is 38.3 Å². The summed E-state index contributed by atoms with van der Waals surface area (Å²) in [6, 6.07) is 42.3. The summed E-state index contributed by atoms with van der Waals surface area (Å²) in [5, 5.41) is 7.74. The highest BCUT2D eigenvalue weighted by atomic mass is 32.1. The molecule has 39 heteroatoms. The molecule has 1 aliphatic carbocycles. The minimum absolute atomic E-state index is 0.00904. The highest BCUT2D eigenvalue weighted by Crippen LogP contribution is 2.53. The predicted molar refractivity (Wildman–Crippen MR) is 506 cm³/mol. The van der Waals surface area contributed by atoms with Crippen molar-refractivity contribution in [3.05, 3.63) is 256 Å². The third-order valence-corrected chi connectivity index (χ3v) is 32.3. The monoisotopic (exact) mass is 1910 g/mol. The fourth-order valence-electron chi connectivity index (χ4n) is 19.7. The number of carbonyl (C=O) groups excluding carboxylic acids is 9. The van der Waals surface area contributed by atoms with Crippen LogP contribution >= 0.6 is 56.7 Å². The Kier molecular flexibility index (Phi) is 25.5. The van der Waals surface area contributed by atoms with Crippen molar-refractivity contribution in [1.82, 2.24) is 49.1 Å². The van der Waals surface area contributed by atoms with Crippen LogP contribution in [0.3, 0.4) is 0 Å². The molecule has 21 rings (SSSR count). The second-order valence-electron chi connectivity index (χ2n) is 34.6. The minimum Gasteiger partial charge on any atom is -0.459 e. The Morgan fingerprint density at radius 3 is 1.27 bits per heavy atom. The average Bonchev–Trinajstić information content (AvgIpc) is 1.58. The Bertz CT molecular complexity index is 6420. The molecular formula is C95H96F3N21O10S5. The van der Waals surface area contributed by atoms with Gasteiger partial charge < -0.3 is 57.6 Å². The molecule has 134 heavy (non-hydrogen) atoms. The Morgan fingerprint density at radius 1 is 0.433 bits per heavy atom. The lowest BCUT2D eigenvalue weighted by atomic mass is 9.84. The molecule has 11 aliphatic rings. The van der Waals surface area contributed by atoms with E-state index in [2.05, 4.69) is 36.7 Å². The summed E-state index contributed by atoms with van der Waals surface area (Å²) in [7, 11) is 8.07. The van der Waals surface area contributed by atoms with Crippen LogP contribution in [0.4, 0.5) is 18.9 Å². The van der Waals surface area contributed by atoms with Crippen molar-refractivity contribution in [1.29, 1.82) is 0 Å². The number of pyridine rings is 1. The molecule has 5 saturated heterocycles. The van der Waals surface area contributed by atoms with E-state index in [1.165, 1.54) is 131 Å². The van der Waals surface area contributed by atoms with E-state index in [9.17, 15) is 56.3 Å². The highest BCUT2D eigenvalue weighted by Gasteiger charge is 2.63. The third kappa shape index (κ3) is 16.7. The number of hydrogen-bond donors (Lipinski definition) is 5. The number of thiophene rings is 5. The van der Waals surface area contributed by atoms with E-state index in [1.54, 1.807) is 111 Å². The van der Waals surface area contributed by atoms with Gasteiger partial charge in [0.1, 0.15) is 45.1 Å². The van der Waals surface area contributed by atoms with Crippen LogP contribution in [0.1, 0.15) is 100 Å². The number of guanidine groups is 5. The first-order chi connectivity index (χ1) is 64.3. The summed E-state index contributed by atoms with van der Waals surface area (Å²) in [5.41, 5.74) is 29.1. The van der Waals surface area contributed by atoms with E-state index in [-0.39, 0.29) is 139 Å². The molecule has 9 amide bonds. The van der Waals surface area contributed by atoms with Crippen LogP contribution in [-0.2, 0) is 56.5 Å². The lowest BCUT2D eigenvalue weighted by Gasteiger charge is -2.36. The lowest BCUT2D eigenvalue weighted by Crippen LogP contribution is -2.54. The summed E-state index contributed by atoms with van der Waals surface area (Å²) in [6.45, 7) is 5.09. The van der Waals surface area contributed by atoms with Crippen molar-refractivity contribution in [3.63, 3.8) is 0 Å². The number of halogens is 3. The standard InChI is InChI=1S/C25H22FN5OS.2C18H17FN4O2S.C18H24N4O2S.C16H16N4O3S/c1-3-4-16-11-17(13-28-12-16)21-9-10-22(33-21)25-15-31(19-7-5-18(26)6-8-19)14-20(25)23(32)30(2)24(27)29-25;1-22-16(25)13-9-23(15(24)11-4-6-12(19)7-5-11)10-18(13,21-17(22)20)14-3-2-8-26-14;1-22-16(25)12-9-23(15(24)11-5-2-3-6-13(11)19)10-18(12,21-17(22)20)14-7-4-8-26-14;1-21-16(24)13-10-22(15(23)12-6-3-2-4-7-12)11-18(13,20-17(21)19)14-8-5-9-25-14;1-19-13(21)10-8-20(14(22)11-4-2-6-23-11)9-16(10,18-15(19)17)12-5-3-7-24-12/h5-13,20H,14-15H2,1-2H3,(H2,27,29);2-8,13H,9-10H2,1H3,(H2,20,21);2-8,12H,9-10H2,1H3,(H2,20,21);5,8-9,12-13H,2-4,6-7,10-11H2,1H3,(H2,19,20);2-7,10H,8-9H2,1H3,(H2,17,18)/t20-,25-;;;;/m0..../s1. The molecule has 3 aromatic carbocycles. The molecule has 31 nitrogen and oxygen atoms in total. The van der Waals surface area contributed by atoms with Gasteiger partial charge in [-0.15, -0.1) is 62.6 Å². The fraction of sp³-hybridized carbons (Fsp3) is 0.337. The Hall–Kier alpha value is -13.7. The number of rotatable bonds is 11. The first-order valence-electron chi connectivity index (χ1n) is 43.3. The number of benzene rings is 3. The Balaban J connectivity index is 0.000000117. The zero-order valence-corrected chi connectivity index (χ0v) is 77.9. The van der Waals surface area contributed by atoms with Crippen molar-refractivity contribution < 1.29 is 60.7 Å². The molecule has 8 unspecified atom stereocenters. The Labute approximate surface area is 789 Å². The van der Waals surface area contributed by atoms with Gasteiger partial charge in [-0.25, -0.2) is 38.1 Å². The van der Waals surface area contributed by atoms with Crippen molar-refractivity contribution in [3.8, 4) is 22.3 Å². The van der Waals surface area contributed by atoms with Crippen LogP contribution in [-0.4, -0.2) is 233 Å². The molecule has 10 aromatic rings. The van der Waals surface area contributed by atoms with Gasteiger partial charge in [-0.3, -0.25) is 72.6 Å². The first-order valence-corrected chi connectivity index (χ1v) is 47.7. The average molecular weight is 1910 g/mol. The van der Waals surface area contributed by atoms with Gasteiger partial charge in [-0.2, -0.15) is 0 Å². The number of furan rings is 1. The number of hydrogen-bond acceptors (Lipinski definition) is 27. The van der Waals surface area contributed by atoms with E-state index in [0.717, 1.165) is 71.8 Å². The third-order valence-electron chi connectivity index (χ3n) is 26.9. The van der Waals surface area contributed by atoms with Crippen LogP contribution in [0, 0.1) is 64.8 Å². The van der Waals surface area contributed by atoms with E-state index >= 15 is 0 Å². The molecule has 17 heterocycles. The summed E-state index contributed by atoms with van der Waals surface area (Å²) in [4.78, 5) is 165. The van der Waals surface area contributed by atoms with Gasteiger partial charge in [-0.1, -0.05) is 61.6 Å². The SMILES string of the molecule is CC#Cc1cncc(-c2ccc([C@]34CN(c5ccc(F)cc5)C[C@H]3C(=O)N(C)C(N)=N4)s2)c1.CN1C(=O)C2CN(C(=O)C3CCCCC3)CC2(c2cccs2)N=C1N.CN1C(=O)C2CN(C(=O)c3ccc(F)cc3)CC2(c2cccs2)N=C1N.CN1C(=O)C2CN(C(=O)c3ccccc3F)CC2(c2cccs2)N=C1N.CN1C(=O)C2CN(C(=O)c3ccco3)CC2(c2cccs2)N=C1N. The predicted octanol–water partition coefficient (Wildman–Crippen LogP) is 9.59. The van der Waals surface area contributed by atoms with Gasteiger partial charge in [-0.05, 0) is 157 Å². The molecule has 1 saturated carbocycles. The second-order valence-corrected chi connectivity index (χ2v) is 39.4. The van der Waals surface area contributed by atoms with Gasteiger partial charge in [0.05, 0.1) is 67.6 Å². The first kappa shape index (κ1) is 92.2. The van der Waals surface area contributed by atoms with Gasteiger partial charge in [0.2, 0.25) is 35.4 Å². The Morgan fingerprint density at radius 2 is 0.843 bits per heavy atom. The number of nitrogens with zero attached hydrogens (tertiary/aromatic N) is 16. The van der Waals surface area contributed by atoms with Crippen molar-refractivity contribution >= 4 is 145 Å². The van der Waals surface area contributed by atoms with Crippen LogP contribution in [0.2, 0.25) is 0 Å². The van der Waals surface area contributed by atoms with E-state index in [4.69, 9.17) is 43.1 Å². The molecular weight excluding hydrogens is 1810 g/mol. The molecule has 7 aromatic heterocycles. The quantitative estimate of drug-likeness (QED) is 0.0752. The molecule has 0 radical (unpaired) electrons. The second kappa shape index (κ2) is 37.1. The normalized spacial score (nSPS) is 25.6. The maximum Gasteiger partial charge on any atom is 0.289 e. The number of carbonyl (C=O) groups is 9. The summed E-state index contributed by atoms with van der Waals surface area (Å²) in [6.07, 6.45) is 10.4. The van der Waals surface area contributed by atoms with Crippen molar-refractivity contribution in [2.24, 2.45) is 89.1 Å². The number of aliphatic imine (C=N–C) groups is 5. The van der Waals surface area contributed by atoms with Crippen molar-refractivity contribution in [2.45, 2.75) is 66.7 Å². The van der Waals surface area contributed by atoms with Crippen LogP contribution in [0.5, 0.6) is 0 Å². The number of nitrogens with two attached hydrogens (primary N) is 5. The van der Waals surface area contributed by atoms with Crippen LogP contribution in [0.25, 0.3) is 10.4 Å². The number of amides is 9. The number of fused-ring (bicyclic) bond motifs is 5. The lowest BCUT2D eigenvalue weighted by molar-refractivity contribution is -0.136. The smallest absolute Gasteiger partial charge is 0.289 e. The number of likely N-dealkylation sites (tertiary alicyclic amines) is 4. The topological polar surface area (TPSA) is 404 Å². The van der Waals surface area contributed by atoms with E-state index < -0.39 is 68.9 Å². The molecule has 6 fully saturated rings. The fourth-order valence-corrected chi connectivity index (χ4v) is 24.5. The zero-order valence-electron chi connectivity index (χ0n) is 73.8. The summed E-state index contributed by atoms with van der Waals surface area (Å²) in [5.74, 6) is 2.34. The maximum atomic E-state index is 14.1. The molecule has 0 spiro atoms. The molecule has 692 valence electrons. The molecule has 10 atom stereocenters. The largest absolute Gasteiger partial charge is 0.459 e. The number of anilines is 1. The molecule has 10 aliphatic heterocycles. The van der Waals surface area contributed by atoms with Crippen LogP contribution in [0.15, 0.2) is 221 Å². The van der Waals surface area contributed by atoms with Gasteiger partial charge in [0.15, 0.2) is 35.6 Å². The van der Waals surface area contributed by atoms with Gasteiger partial charge in [0, 0.05) is 144 Å². The van der Waals surface area contributed by atoms with Crippen LogP contribution < -0.4 is 33.6 Å². The molecule has 10 N–H and O–H groups in total. The number of aromatic nitrogens is 1. The minimum atomic E-state index is -0.914. The zero-order chi connectivity index (χ0) is 94.6. The summed E-state index contributed by atoms with van der Waals surface area (Å²) < 4.78 is 45.9. The van der Waals surface area contributed by atoms with Gasteiger partial charge in [0.25, 0.3) is 17.7 Å². The van der Waals surface area contributed by atoms with E-state index in [1.807, 2.05) is 99.3 Å². The van der Waals surface area contributed by atoms with Gasteiger partial charge >= 0.3 is 0 Å². The maximum absolute atomic E-state index is 14.1.